The monoisotopic (exact) mass is 594 g/mol. The highest BCUT2D eigenvalue weighted by molar-refractivity contribution is 6.09. The van der Waals surface area contributed by atoms with Crippen molar-refractivity contribution >= 4 is 49.6 Å². The first-order chi connectivity index (χ1) is 22.7. The highest BCUT2D eigenvalue weighted by Crippen LogP contribution is 2.61. The molecule has 224 valence electrons. The lowest BCUT2D eigenvalue weighted by atomic mass is 9.48. The number of rotatable bonds is 5. The van der Waals surface area contributed by atoms with E-state index < -0.39 is 0 Å². The predicted octanol–water partition coefficient (Wildman–Crippen LogP) is 11.9. The maximum absolute atomic E-state index is 2.48. The fourth-order valence-corrected chi connectivity index (χ4v) is 10.2. The van der Waals surface area contributed by atoms with Crippen molar-refractivity contribution in [3.63, 3.8) is 0 Å². The zero-order valence-corrected chi connectivity index (χ0v) is 26.1. The Morgan fingerprint density at radius 1 is 0.478 bits per heavy atom. The normalized spacial score (nSPS) is 23.4. The van der Waals surface area contributed by atoms with E-state index in [-0.39, 0.29) is 0 Å². The molecule has 0 amide bonds. The van der Waals surface area contributed by atoms with Crippen molar-refractivity contribution in [3.8, 4) is 5.69 Å². The minimum atomic E-state index is 0.404. The van der Waals surface area contributed by atoms with Gasteiger partial charge in [0.2, 0.25) is 0 Å². The van der Waals surface area contributed by atoms with Crippen molar-refractivity contribution in [3.05, 3.63) is 145 Å². The Morgan fingerprint density at radius 2 is 0.978 bits per heavy atom. The standard InChI is InChI=1S/C44H38N2/c1-2-10-38-33(8-1)9-7-15-41(38)45(35-18-16-34(17-19-35)44-27-30-24-31(28-44)26-32(25-30)29-44)36-20-22-37(23-21-36)46-42-13-5-3-11-39(42)40-12-4-6-14-43(40)46/h1-23,30-32H,24-29H2. The van der Waals surface area contributed by atoms with Crippen LogP contribution in [-0.4, -0.2) is 4.57 Å². The van der Waals surface area contributed by atoms with Gasteiger partial charge >= 0.3 is 0 Å². The molecule has 0 unspecified atom stereocenters. The third-order valence-corrected chi connectivity index (χ3v) is 11.7. The fraction of sp³-hybridized carbons (Fsp3) is 0.227. The van der Waals surface area contributed by atoms with Gasteiger partial charge in [0.15, 0.2) is 0 Å². The van der Waals surface area contributed by atoms with Gasteiger partial charge in [0.05, 0.1) is 16.7 Å². The molecule has 4 bridgehead atoms. The molecule has 7 aromatic rings. The van der Waals surface area contributed by atoms with Crippen molar-refractivity contribution in [1.29, 1.82) is 0 Å². The van der Waals surface area contributed by atoms with Crippen LogP contribution in [-0.2, 0) is 5.41 Å². The number of aromatic nitrogens is 1. The Bertz CT molecular complexity index is 2140. The van der Waals surface area contributed by atoms with E-state index in [0.717, 1.165) is 17.8 Å². The van der Waals surface area contributed by atoms with Gasteiger partial charge in [-0.2, -0.15) is 0 Å². The zero-order chi connectivity index (χ0) is 30.2. The lowest BCUT2D eigenvalue weighted by Crippen LogP contribution is -2.48. The van der Waals surface area contributed by atoms with Crippen LogP contribution < -0.4 is 4.90 Å². The molecule has 0 spiro atoms. The SMILES string of the molecule is c1ccc2c(N(c3ccc(-n4c5ccccc5c5ccccc54)cc3)c3ccc(C45CC6CC(CC(C6)C4)C5)cc3)cccc2c1. The van der Waals surface area contributed by atoms with E-state index in [1.165, 1.54) is 93.9 Å². The average molecular weight is 595 g/mol. The molecule has 2 heteroatoms. The Balaban J connectivity index is 1.09. The van der Waals surface area contributed by atoms with Crippen LogP contribution in [0.1, 0.15) is 44.1 Å². The number of hydrogen-bond acceptors (Lipinski definition) is 1. The first-order valence-corrected chi connectivity index (χ1v) is 17.2. The van der Waals surface area contributed by atoms with E-state index in [9.17, 15) is 0 Å². The first kappa shape index (κ1) is 26.4. The Kier molecular flexibility index (Phi) is 5.79. The molecule has 46 heavy (non-hydrogen) atoms. The molecule has 11 rings (SSSR count). The Labute approximate surface area is 270 Å². The summed E-state index contributed by atoms with van der Waals surface area (Å²) < 4.78 is 2.40. The number of benzene rings is 6. The maximum atomic E-state index is 2.48. The molecular weight excluding hydrogens is 556 g/mol. The second-order valence-corrected chi connectivity index (χ2v) is 14.5. The first-order valence-electron chi connectivity index (χ1n) is 17.2. The molecule has 1 aromatic heterocycles. The largest absolute Gasteiger partial charge is 0.310 e. The third kappa shape index (κ3) is 4.02. The molecule has 4 aliphatic rings. The molecule has 4 aliphatic carbocycles. The van der Waals surface area contributed by atoms with Crippen LogP contribution in [0.15, 0.2) is 140 Å². The smallest absolute Gasteiger partial charge is 0.0541 e. The summed E-state index contributed by atoms with van der Waals surface area (Å²) in [6.45, 7) is 0. The van der Waals surface area contributed by atoms with Crippen LogP contribution in [0.3, 0.4) is 0 Å². The average Bonchev–Trinajstić information content (AvgIpc) is 3.43. The summed E-state index contributed by atoms with van der Waals surface area (Å²) in [6, 6.07) is 51.9. The molecule has 4 saturated carbocycles. The van der Waals surface area contributed by atoms with Gasteiger partial charge in [0.25, 0.3) is 0 Å². The molecule has 2 nitrogen and oxygen atoms in total. The molecule has 0 saturated heterocycles. The van der Waals surface area contributed by atoms with Crippen LogP contribution in [0.4, 0.5) is 17.1 Å². The molecule has 6 aromatic carbocycles. The fourth-order valence-electron chi connectivity index (χ4n) is 10.2. The van der Waals surface area contributed by atoms with Gasteiger partial charge in [-0.3, -0.25) is 0 Å². The number of anilines is 3. The zero-order valence-electron chi connectivity index (χ0n) is 26.1. The molecule has 0 radical (unpaired) electrons. The Hall–Kier alpha value is -4.82. The van der Waals surface area contributed by atoms with Crippen molar-refractivity contribution < 1.29 is 0 Å². The van der Waals surface area contributed by atoms with Crippen LogP contribution >= 0.6 is 0 Å². The van der Waals surface area contributed by atoms with E-state index in [1.807, 2.05) is 0 Å². The number of hydrogen-bond donors (Lipinski definition) is 0. The molecule has 0 atom stereocenters. The summed E-state index contributed by atoms with van der Waals surface area (Å²) >= 11 is 0. The highest BCUT2D eigenvalue weighted by Gasteiger charge is 2.51. The third-order valence-electron chi connectivity index (χ3n) is 11.7. The van der Waals surface area contributed by atoms with E-state index in [1.54, 1.807) is 5.56 Å². The summed E-state index contributed by atoms with van der Waals surface area (Å²) in [5, 5.41) is 5.11. The van der Waals surface area contributed by atoms with Gasteiger partial charge in [-0.05, 0) is 127 Å². The van der Waals surface area contributed by atoms with E-state index in [2.05, 4.69) is 149 Å². The van der Waals surface area contributed by atoms with Crippen molar-refractivity contribution in [2.45, 2.75) is 43.9 Å². The quantitative estimate of drug-likeness (QED) is 0.192. The van der Waals surface area contributed by atoms with Crippen LogP contribution in [0.2, 0.25) is 0 Å². The number of fused-ring (bicyclic) bond motifs is 4. The van der Waals surface area contributed by atoms with Crippen LogP contribution in [0.25, 0.3) is 38.3 Å². The predicted molar refractivity (Wildman–Crippen MR) is 193 cm³/mol. The van der Waals surface area contributed by atoms with Gasteiger partial charge in [-0.15, -0.1) is 0 Å². The summed E-state index contributed by atoms with van der Waals surface area (Å²) in [7, 11) is 0. The molecule has 0 N–H and O–H groups in total. The van der Waals surface area contributed by atoms with Crippen LogP contribution in [0, 0.1) is 17.8 Å². The van der Waals surface area contributed by atoms with E-state index in [0.29, 0.717) is 5.41 Å². The second kappa shape index (κ2) is 10.1. The van der Waals surface area contributed by atoms with Gasteiger partial charge in [-0.25, -0.2) is 0 Å². The van der Waals surface area contributed by atoms with Gasteiger partial charge in [0.1, 0.15) is 0 Å². The van der Waals surface area contributed by atoms with Crippen LogP contribution in [0.5, 0.6) is 0 Å². The highest BCUT2D eigenvalue weighted by atomic mass is 15.1. The summed E-state index contributed by atoms with van der Waals surface area (Å²) in [5.74, 6) is 2.85. The number of nitrogens with zero attached hydrogens (tertiary/aromatic N) is 2. The molecular formula is C44H38N2. The van der Waals surface area contributed by atoms with Gasteiger partial charge in [-0.1, -0.05) is 84.9 Å². The molecule has 0 aliphatic heterocycles. The summed E-state index contributed by atoms with van der Waals surface area (Å²) in [5.41, 5.74) is 9.24. The van der Waals surface area contributed by atoms with Gasteiger partial charge in [0, 0.05) is 33.2 Å². The maximum Gasteiger partial charge on any atom is 0.0541 e. The lowest BCUT2D eigenvalue weighted by molar-refractivity contribution is -0.00518. The van der Waals surface area contributed by atoms with Crippen molar-refractivity contribution in [2.75, 3.05) is 4.90 Å². The lowest BCUT2D eigenvalue weighted by Gasteiger charge is -2.57. The molecule has 1 heterocycles. The minimum Gasteiger partial charge on any atom is -0.310 e. The minimum absolute atomic E-state index is 0.404. The number of para-hydroxylation sites is 2. The summed E-state index contributed by atoms with van der Waals surface area (Å²) in [6.07, 6.45) is 8.64. The Morgan fingerprint density at radius 3 is 1.59 bits per heavy atom. The summed E-state index contributed by atoms with van der Waals surface area (Å²) in [4.78, 5) is 2.46. The van der Waals surface area contributed by atoms with Gasteiger partial charge < -0.3 is 9.47 Å². The van der Waals surface area contributed by atoms with Crippen molar-refractivity contribution in [2.24, 2.45) is 17.8 Å². The van der Waals surface area contributed by atoms with E-state index >= 15 is 0 Å². The van der Waals surface area contributed by atoms with E-state index in [4.69, 9.17) is 0 Å². The van der Waals surface area contributed by atoms with Crippen molar-refractivity contribution in [1.82, 2.24) is 4.57 Å². The molecule has 4 fully saturated rings. The topological polar surface area (TPSA) is 8.17 Å². The second-order valence-electron chi connectivity index (χ2n) is 14.5.